The van der Waals surface area contributed by atoms with Crippen molar-refractivity contribution in [3.63, 3.8) is 0 Å². The van der Waals surface area contributed by atoms with Gasteiger partial charge in [0.2, 0.25) is 0 Å². The number of rotatable bonds is 7. The lowest BCUT2D eigenvalue weighted by Gasteiger charge is -2.09. The normalized spacial score (nSPS) is 12.4. The van der Waals surface area contributed by atoms with E-state index in [1.807, 2.05) is 0 Å². The third-order valence-electron chi connectivity index (χ3n) is 2.03. The second-order valence-electron chi connectivity index (χ2n) is 3.61. The first-order valence-electron chi connectivity index (χ1n) is 5.59. The first kappa shape index (κ1) is 13.3. The van der Waals surface area contributed by atoms with Gasteiger partial charge in [-0.2, -0.15) is 0 Å². The number of nitrogens with zero attached hydrogens (tertiary/aromatic N) is 2. The smallest absolute Gasteiger partial charge is 0.145 e. The first-order valence-corrected chi connectivity index (χ1v) is 6.47. The molecule has 2 N–H and O–H groups in total. The predicted molar refractivity (Wildman–Crippen MR) is 67.8 cm³/mol. The van der Waals surface area contributed by atoms with Crippen LogP contribution in [0.2, 0.25) is 0 Å². The molecule has 0 bridgehead atoms. The summed E-state index contributed by atoms with van der Waals surface area (Å²) in [6.07, 6.45) is 5.34. The summed E-state index contributed by atoms with van der Waals surface area (Å²) < 4.78 is 0. The quantitative estimate of drug-likeness (QED) is 0.716. The third kappa shape index (κ3) is 4.81. The van der Waals surface area contributed by atoms with Crippen LogP contribution in [-0.4, -0.2) is 33.5 Å². The van der Waals surface area contributed by atoms with Crippen LogP contribution in [0.25, 0.3) is 0 Å². The van der Waals surface area contributed by atoms with Gasteiger partial charge in [-0.05, 0) is 12.8 Å². The zero-order valence-corrected chi connectivity index (χ0v) is 10.6. The van der Waals surface area contributed by atoms with Crippen molar-refractivity contribution in [1.29, 1.82) is 0 Å². The molecule has 16 heavy (non-hydrogen) atoms. The second kappa shape index (κ2) is 7.46. The average molecular weight is 241 g/mol. The largest absolute Gasteiger partial charge is 0.396 e. The minimum atomic E-state index is 0.218. The van der Waals surface area contributed by atoms with Gasteiger partial charge in [-0.15, -0.1) is 11.8 Å². The van der Waals surface area contributed by atoms with E-state index in [9.17, 15) is 0 Å². The highest BCUT2D eigenvalue weighted by molar-refractivity contribution is 7.99. The topological polar surface area (TPSA) is 58.0 Å². The molecule has 0 saturated heterocycles. The van der Waals surface area contributed by atoms with Crippen molar-refractivity contribution < 1.29 is 5.11 Å². The first-order chi connectivity index (χ1) is 7.76. The lowest BCUT2D eigenvalue weighted by molar-refractivity contribution is 0.289. The molecule has 0 aliphatic carbocycles. The van der Waals surface area contributed by atoms with Crippen LogP contribution in [0.1, 0.15) is 26.7 Å². The molecular weight excluding hydrogens is 222 g/mol. The number of aliphatic hydroxyl groups is 1. The summed E-state index contributed by atoms with van der Waals surface area (Å²) in [6.45, 7) is 5.32. The molecule has 1 aromatic rings. The summed E-state index contributed by atoms with van der Waals surface area (Å²) in [7, 11) is 0. The fraction of sp³-hybridized carbons (Fsp3) is 0.636. The number of aromatic nitrogens is 2. The molecule has 0 aromatic carbocycles. The molecule has 90 valence electrons. The van der Waals surface area contributed by atoms with Crippen molar-refractivity contribution in [1.82, 2.24) is 9.97 Å². The minimum Gasteiger partial charge on any atom is -0.396 e. The van der Waals surface area contributed by atoms with E-state index < -0.39 is 0 Å². The lowest BCUT2D eigenvalue weighted by atomic mass is 10.3. The Morgan fingerprint density at radius 1 is 1.50 bits per heavy atom. The highest BCUT2D eigenvalue weighted by Gasteiger charge is 2.05. The van der Waals surface area contributed by atoms with E-state index in [2.05, 4.69) is 29.1 Å². The molecular formula is C11H19N3OS. The Hall–Kier alpha value is -0.810. The van der Waals surface area contributed by atoms with E-state index in [4.69, 9.17) is 5.11 Å². The van der Waals surface area contributed by atoms with E-state index in [1.165, 1.54) is 0 Å². The molecule has 5 heteroatoms. The van der Waals surface area contributed by atoms with Crippen molar-refractivity contribution in [2.24, 2.45) is 0 Å². The van der Waals surface area contributed by atoms with Crippen molar-refractivity contribution in [2.75, 3.05) is 18.5 Å². The number of anilines is 1. The Labute approximate surface area is 101 Å². The summed E-state index contributed by atoms with van der Waals surface area (Å²) in [5.41, 5.74) is 0. The molecule has 0 amide bonds. The Morgan fingerprint density at radius 3 is 3.00 bits per heavy atom. The minimum absolute atomic E-state index is 0.218. The van der Waals surface area contributed by atoms with Gasteiger partial charge in [0.1, 0.15) is 10.8 Å². The SMILES string of the molecule is CCCNc1cncc(SC(C)CCO)n1. The van der Waals surface area contributed by atoms with Crippen LogP contribution >= 0.6 is 11.8 Å². The lowest BCUT2D eigenvalue weighted by Crippen LogP contribution is -2.04. The number of hydrogen-bond acceptors (Lipinski definition) is 5. The van der Waals surface area contributed by atoms with Crippen molar-refractivity contribution >= 4 is 17.6 Å². The summed E-state index contributed by atoms with van der Waals surface area (Å²) in [4.78, 5) is 8.58. The van der Waals surface area contributed by atoms with Crippen LogP contribution in [0.15, 0.2) is 17.4 Å². The number of hydrogen-bond donors (Lipinski definition) is 2. The van der Waals surface area contributed by atoms with Gasteiger partial charge in [-0.3, -0.25) is 4.98 Å². The van der Waals surface area contributed by atoms with Gasteiger partial charge in [0.15, 0.2) is 0 Å². The molecule has 0 aliphatic rings. The van der Waals surface area contributed by atoms with Gasteiger partial charge in [-0.1, -0.05) is 13.8 Å². The monoisotopic (exact) mass is 241 g/mol. The van der Waals surface area contributed by atoms with Crippen LogP contribution in [0.4, 0.5) is 5.82 Å². The molecule has 1 aromatic heterocycles. The summed E-state index contributed by atoms with van der Waals surface area (Å²) in [5, 5.41) is 13.3. The zero-order valence-electron chi connectivity index (χ0n) is 9.81. The van der Waals surface area contributed by atoms with Crippen LogP contribution in [0.3, 0.4) is 0 Å². The fourth-order valence-corrected chi connectivity index (χ4v) is 2.10. The van der Waals surface area contributed by atoms with Crippen molar-refractivity contribution in [2.45, 2.75) is 37.0 Å². The Kier molecular flexibility index (Phi) is 6.18. The molecule has 1 unspecified atom stereocenters. The van der Waals surface area contributed by atoms with Gasteiger partial charge in [0, 0.05) is 18.4 Å². The maximum absolute atomic E-state index is 8.82. The molecule has 1 rings (SSSR count). The van der Waals surface area contributed by atoms with Crippen LogP contribution < -0.4 is 5.32 Å². The Balaban J connectivity index is 2.52. The van der Waals surface area contributed by atoms with E-state index in [0.29, 0.717) is 5.25 Å². The van der Waals surface area contributed by atoms with Gasteiger partial charge < -0.3 is 10.4 Å². The molecule has 1 atom stereocenters. The summed E-state index contributed by atoms with van der Waals surface area (Å²) in [5.74, 6) is 0.822. The summed E-state index contributed by atoms with van der Waals surface area (Å²) in [6, 6.07) is 0. The maximum atomic E-state index is 8.82. The van der Waals surface area contributed by atoms with Gasteiger partial charge >= 0.3 is 0 Å². The highest BCUT2D eigenvalue weighted by atomic mass is 32.2. The van der Waals surface area contributed by atoms with Crippen LogP contribution in [0.5, 0.6) is 0 Å². The maximum Gasteiger partial charge on any atom is 0.145 e. The fourth-order valence-electron chi connectivity index (χ4n) is 1.19. The zero-order chi connectivity index (χ0) is 11.8. The summed E-state index contributed by atoms with van der Waals surface area (Å²) >= 11 is 1.64. The number of thioether (sulfide) groups is 1. The van der Waals surface area contributed by atoms with Crippen LogP contribution in [0, 0.1) is 0 Å². The molecule has 0 spiro atoms. The third-order valence-corrected chi connectivity index (χ3v) is 3.10. The standard InChI is InChI=1S/C11H19N3OS/c1-3-5-13-10-7-12-8-11(14-10)16-9(2)4-6-15/h7-9,15H,3-6H2,1-2H3,(H,13,14). The molecule has 4 nitrogen and oxygen atoms in total. The van der Waals surface area contributed by atoms with E-state index in [0.717, 1.165) is 30.2 Å². The number of nitrogens with one attached hydrogen (secondary N) is 1. The molecule has 0 saturated carbocycles. The molecule has 0 fully saturated rings. The molecule has 1 heterocycles. The average Bonchev–Trinajstić information content (AvgIpc) is 2.27. The van der Waals surface area contributed by atoms with Gasteiger partial charge in [-0.25, -0.2) is 4.98 Å². The van der Waals surface area contributed by atoms with Crippen molar-refractivity contribution in [3.8, 4) is 0 Å². The van der Waals surface area contributed by atoms with Gasteiger partial charge in [0.25, 0.3) is 0 Å². The van der Waals surface area contributed by atoms with Crippen LogP contribution in [-0.2, 0) is 0 Å². The molecule has 0 aliphatic heterocycles. The predicted octanol–water partition coefficient (Wildman–Crippen LogP) is 2.16. The second-order valence-corrected chi connectivity index (χ2v) is 5.07. The Bertz CT molecular complexity index is 309. The highest BCUT2D eigenvalue weighted by Crippen LogP contribution is 2.23. The van der Waals surface area contributed by atoms with E-state index in [-0.39, 0.29) is 6.61 Å². The number of aliphatic hydroxyl groups excluding tert-OH is 1. The molecule has 0 radical (unpaired) electrons. The van der Waals surface area contributed by atoms with Crippen molar-refractivity contribution in [3.05, 3.63) is 12.4 Å². The Morgan fingerprint density at radius 2 is 2.31 bits per heavy atom. The van der Waals surface area contributed by atoms with E-state index in [1.54, 1.807) is 24.2 Å². The van der Waals surface area contributed by atoms with Gasteiger partial charge in [0.05, 0.1) is 12.4 Å². The van der Waals surface area contributed by atoms with E-state index >= 15 is 0 Å².